The zero-order chi connectivity index (χ0) is 20.3. The van der Waals surface area contributed by atoms with Gasteiger partial charge in [-0.25, -0.2) is 0 Å². The van der Waals surface area contributed by atoms with Crippen LogP contribution in [0, 0.1) is 0 Å². The van der Waals surface area contributed by atoms with E-state index in [1.54, 1.807) is 13.8 Å². The van der Waals surface area contributed by atoms with Crippen LogP contribution < -0.4 is 0 Å². The van der Waals surface area contributed by atoms with Gasteiger partial charge in [0.1, 0.15) is 0 Å². The van der Waals surface area contributed by atoms with E-state index in [0.717, 1.165) is 0 Å². The van der Waals surface area contributed by atoms with Crippen molar-refractivity contribution in [3.63, 3.8) is 0 Å². The number of hydrogen-bond acceptors (Lipinski definition) is 4. The Bertz CT molecular complexity index is 489. The molecule has 0 fully saturated rings. The molecule has 4 nitrogen and oxygen atoms in total. The summed E-state index contributed by atoms with van der Waals surface area (Å²) in [6, 6.07) is 0. The molecule has 27 heavy (non-hydrogen) atoms. The first-order valence-corrected chi connectivity index (χ1v) is 18.5. The molecule has 1 heterocycles. The Balaban J connectivity index is 2.84. The van der Waals surface area contributed by atoms with Crippen molar-refractivity contribution in [3.05, 3.63) is 22.0 Å². The summed E-state index contributed by atoms with van der Waals surface area (Å²) < 4.78 is 17.4. The second-order valence-electron chi connectivity index (χ2n) is 8.34. The summed E-state index contributed by atoms with van der Waals surface area (Å²) in [4.78, 5) is 11.7. The fourth-order valence-electron chi connectivity index (χ4n) is 3.67. The zero-order valence-electron chi connectivity index (χ0n) is 18.1. The van der Waals surface area contributed by atoms with E-state index in [0.29, 0.717) is 12.2 Å². The summed E-state index contributed by atoms with van der Waals surface area (Å²) in [5, 5.41) is 10.6. The summed E-state index contributed by atoms with van der Waals surface area (Å²) in [5.74, 6) is -0.860. The van der Waals surface area contributed by atoms with E-state index in [1.165, 1.54) is 57.9 Å². The van der Waals surface area contributed by atoms with Gasteiger partial charge in [-0.05, 0) is 0 Å². The van der Waals surface area contributed by atoms with Gasteiger partial charge in [-0.15, -0.1) is 0 Å². The minimum absolute atomic E-state index is 0.326. The first kappa shape index (κ1) is 24.5. The van der Waals surface area contributed by atoms with Crippen molar-refractivity contribution in [1.29, 1.82) is 0 Å². The number of esters is 1. The van der Waals surface area contributed by atoms with Crippen LogP contribution in [-0.2, 0) is 14.3 Å². The molecule has 0 aromatic heterocycles. The van der Waals surface area contributed by atoms with Gasteiger partial charge in [-0.1, -0.05) is 0 Å². The molecular formula is C22H40O4Sn. The van der Waals surface area contributed by atoms with Gasteiger partial charge < -0.3 is 0 Å². The van der Waals surface area contributed by atoms with Gasteiger partial charge in [-0.3, -0.25) is 0 Å². The van der Waals surface area contributed by atoms with Crippen molar-refractivity contribution in [1.82, 2.24) is 0 Å². The zero-order valence-corrected chi connectivity index (χ0v) is 20.9. The minimum atomic E-state index is -2.39. The summed E-state index contributed by atoms with van der Waals surface area (Å²) >= 11 is -2.39. The molecule has 5 heteroatoms. The Kier molecular flexibility index (Phi) is 11.0. The van der Waals surface area contributed by atoms with Gasteiger partial charge in [0.05, 0.1) is 0 Å². The van der Waals surface area contributed by atoms with Crippen molar-refractivity contribution in [3.8, 4) is 0 Å². The third-order valence-corrected chi connectivity index (χ3v) is 19.3. The van der Waals surface area contributed by atoms with Crippen LogP contribution in [0.2, 0.25) is 13.3 Å². The van der Waals surface area contributed by atoms with Gasteiger partial charge in [0, 0.05) is 0 Å². The molecule has 0 saturated carbocycles. The van der Waals surface area contributed by atoms with Crippen molar-refractivity contribution < 1.29 is 19.4 Å². The molecule has 0 aliphatic carbocycles. The van der Waals surface area contributed by atoms with Crippen LogP contribution in [0.5, 0.6) is 0 Å². The standard InChI is InChI=1S/C10H13O4.3C4H9.Sn/c1-4-7(11)5-8-6-9(12)14-10(2,3)13-8;3*1-3-4-2;/h1,4,6-7,11H,5H2,2-3H3;3*1,3-4H2,2H3;/t7-;;;;/m0..../s1. The molecule has 0 saturated heterocycles. The van der Waals surface area contributed by atoms with E-state index in [4.69, 9.17) is 9.47 Å². The number of aliphatic hydroxyl groups is 1. The Morgan fingerprint density at radius 3 is 2.00 bits per heavy atom. The van der Waals surface area contributed by atoms with Gasteiger partial charge in [0.15, 0.2) is 0 Å². The number of ether oxygens (including phenoxy) is 2. The van der Waals surface area contributed by atoms with Crippen LogP contribution in [0.3, 0.4) is 0 Å². The first-order valence-electron chi connectivity index (χ1n) is 10.8. The number of carbonyl (C=O) groups excluding carboxylic acids is 1. The molecule has 0 aromatic carbocycles. The Hall–Kier alpha value is -0.491. The predicted molar refractivity (Wildman–Crippen MR) is 114 cm³/mol. The number of cyclic esters (lactones) is 1. The number of rotatable bonds is 13. The average molecular weight is 487 g/mol. The molecule has 1 atom stereocenters. The van der Waals surface area contributed by atoms with E-state index < -0.39 is 36.2 Å². The normalized spacial score (nSPS) is 18.1. The molecule has 0 spiro atoms. The Morgan fingerprint density at radius 2 is 1.56 bits per heavy atom. The molecule has 1 N–H and O–H groups in total. The van der Waals surface area contributed by atoms with Crippen LogP contribution in [0.25, 0.3) is 0 Å². The third-order valence-electron chi connectivity index (χ3n) is 5.17. The fourth-order valence-corrected chi connectivity index (χ4v) is 18.1. The second kappa shape index (κ2) is 12.2. The first-order chi connectivity index (χ1) is 12.8. The molecule has 1 aliphatic rings. The Morgan fingerprint density at radius 1 is 1.04 bits per heavy atom. The van der Waals surface area contributed by atoms with Gasteiger partial charge in [-0.2, -0.15) is 0 Å². The summed E-state index contributed by atoms with van der Waals surface area (Å²) in [5.41, 5.74) is 0. The molecule has 0 bridgehead atoms. The number of aliphatic hydroxyl groups excluding tert-OH is 1. The number of unbranched alkanes of at least 4 members (excludes halogenated alkanes) is 3. The molecule has 156 valence electrons. The van der Waals surface area contributed by atoms with Crippen molar-refractivity contribution in [2.75, 3.05) is 0 Å². The number of hydrogen-bond donors (Lipinski definition) is 1. The molecule has 0 radical (unpaired) electrons. The van der Waals surface area contributed by atoms with E-state index in [9.17, 15) is 9.90 Å². The Labute approximate surface area is 170 Å². The molecular weight excluding hydrogens is 447 g/mol. The van der Waals surface area contributed by atoms with Crippen molar-refractivity contribution in [2.24, 2.45) is 0 Å². The summed E-state index contributed by atoms with van der Waals surface area (Å²) in [7, 11) is 0. The average Bonchev–Trinajstić information content (AvgIpc) is 2.58. The van der Waals surface area contributed by atoms with E-state index >= 15 is 0 Å². The van der Waals surface area contributed by atoms with Crippen LogP contribution in [-0.4, -0.2) is 41.3 Å². The quantitative estimate of drug-likeness (QED) is 0.261. The summed E-state index contributed by atoms with van der Waals surface area (Å²) in [6.45, 7) is 10.2. The molecule has 1 aliphatic heterocycles. The van der Waals surface area contributed by atoms with Crippen LogP contribution in [0.15, 0.2) is 22.0 Å². The van der Waals surface area contributed by atoms with Gasteiger partial charge in [0.2, 0.25) is 0 Å². The molecule has 0 amide bonds. The van der Waals surface area contributed by atoms with Crippen LogP contribution in [0.4, 0.5) is 0 Å². The molecule has 0 unspecified atom stereocenters. The van der Waals surface area contributed by atoms with Gasteiger partial charge >= 0.3 is 170 Å². The van der Waals surface area contributed by atoms with Crippen molar-refractivity contribution in [2.45, 2.75) is 105 Å². The topological polar surface area (TPSA) is 55.8 Å². The second-order valence-corrected chi connectivity index (χ2v) is 21.3. The fraction of sp³-hybridized carbons (Fsp3) is 0.773. The third kappa shape index (κ3) is 9.51. The molecule has 0 aromatic rings. The van der Waals surface area contributed by atoms with E-state index in [-0.39, 0.29) is 0 Å². The van der Waals surface area contributed by atoms with Crippen molar-refractivity contribution >= 4 is 24.3 Å². The molecule has 1 rings (SSSR count). The SMILES string of the molecule is CCC[CH2][Sn](/[CH]=C/[C@H](O)CC1=CC(=O)OC(C)(C)O1)([CH2]CCC)[CH2]CCC. The number of carbonyl (C=O) groups is 1. The van der Waals surface area contributed by atoms with E-state index in [1.807, 2.05) is 6.08 Å². The predicted octanol–water partition coefficient (Wildman–Crippen LogP) is 5.88. The maximum absolute atomic E-state index is 11.7. The van der Waals surface area contributed by atoms with Crippen LogP contribution in [0.1, 0.15) is 79.6 Å². The van der Waals surface area contributed by atoms with Crippen LogP contribution >= 0.6 is 0 Å². The maximum atomic E-state index is 11.7. The van der Waals surface area contributed by atoms with E-state index in [2.05, 4.69) is 24.9 Å². The summed E-state index contributed by atoms with van der Waals surface area (Å²) in [6.07, 6.45) is 10.7. The monoisotopic (exact) mass is 488 g/mol. The van der Waals surface area contributed by atoms with Gasteiger partial charge in [0.25, 0.3) is 0 Å².